The molecule has 0 radical (unpaired) electrons. The molecule has 0 bridgehead atoms. The fraction of sp³-hybridized carbons (Fsp3) is 0.529. The van der Waals surface area contributed by atoms with E-state index in [-0.39, 0.29) is 17.6 Å². The molecule has 1 N–H and O–H groups in total. The van der Waals surface area contributed by atoms with Crippen molar-refractivity contribution in [2.75, 3.05) is 26.7 Å². The maximum atomic E-state index is 13.5. The van der Waals surface area contributed by atoms with E-state index in [1.165, 1.54) is 13.2 Å². The van der Waals surface area contributed by atoms with Crippen molar-refractivity contribution < 1.29 is 18.7 Å². The number of rotatable bonds is 8. The summed E-state index contributed by atoms with van der Waals surface area (Å²) in [4.78, 5) is 25.0. The maximum Gasteiger partial charge on any atom is 0.222 e. The quantitative estimate of drug-likeness (QED) is 0.744. The summed E-state index contributed by atoms with van der Waals surface area (Å²) in [5.74, 6) is -0.0674. The smallest absolute Gasteiger partial charge is 0.222 e. The average molecular weight is 322 g/mol. The Morgan fingerprint density at radius 2 is 2.26 bits per heavy atom. The van der Waals surface area contributed by atoms with Gasteiger partial charge in [0.2, 0.25) is 11.8 Å². The molecule has 1 aromatic rings. The molecular weight excluding hydrogens is 299 g/mol. The van der Waals surface area contributed by atoms with Gasteiger partial charge in [0.15, 0.2) is 11.6 Å². The van der Waals surface area contributed by atoms with Crippen LogP contribution in [0.2, 0.25) is 0 Å². The van der Waals surface area contributed by atoms with E-state index in [4.69, 9.17) is 4.74 Å². The van der Waals surface area contributed by atoms with E-state index in [0.29, 0.717) is 32.4 Å². The number of amides is 2. The number of methoxy groups -OCH3 is 1. The first-order chi connectivity index (χ1) is 11.1. The maximum absolute atomic E-state index is 13.5. The van der Waals surface area contributed by atoms with Crippen LogP contribution < -0.4 is 10.1 Å². The van der Waals surface area contributed by atoms with E-state index in [2.05, 4.69) is 5.32 Å². The van der Waals surface area contributed by atoms with E-state index in [1.807, 2.05) is 4.90 Å². The van der Waals surface area contributed by atoms with Gasteiger partial charge in [-0.15, -0.1) is 0 Å². The second kappa shape index (κ2) is 8.50. The minimum Gasteiger partial charge on any atom is -0.494 e. The molecule has 0 aromatic heterocycles. The van der Waals surface area contributed by atoms with Crippen LogP contribution >= 0.6 is 0 Å². The largest absolute Gasteiger partial charge is 0.494 e. The Balaban J connectivity index is 1.63. The van der Waals surface area contributed by atoms with Gasteiger partial charge in [0.25, 0.3) is 0 Å². The number of nitrogens with zero attached hydrogens (tertiary/aromatic N) is 1. The summed E-state index contributed by atoms with van der Waals surface area (Å²) in [6, 6.07) is 4.72. The van der Waals surface area contributed by atoms with Crippen LogP contribution in [0.25, 0.3) is 0 Å². The zero-order valence-electron chi connectivity index (χ0n) is 13.4. The molecule has 2 rings (SSSR count). The van der Waals surface area contributed by atoms with Crippen molar-refractivity contribution in [3.05, 3.63) is 29.6 Å². The third-order valence-corrected chi connectivity index (χ3v) is 3.96. The van der Waals surface area contributed by atoms with Crippen LogP contribution in [-0.4, -0.2) is 43.5 Å². The molecule has 6 heteroatoms. The van der Waals surface area contributed by atoms with Gasteiger partial charge in [-0.1, -0.05) is 6.07 Å². The van der Waals surface area contributed by atoms with Crippen LogP contribution in [0.5, 0.6) is 5.75 Å². The van der Waals surface area contributed by atoms with Crippen LogP contribution in [0, 0.1) is 5.82 Å². The monoisotopic (exact) mass is 322 g/mol. The van der Waals surface area contributed by atoms with E-state index >= 15 is 0 Å². The van der Waals surface area contributed by atoms with E-state index < -0.39 is 5.82 Å². The molecule has 1 aliphatic rings. The van der Waals surface area contributed by atoms with Gasteiger partial charge in [0.05, 0.1) is 7.11 Å². The highest BCUT2D eigenvalue weighted by Crippen LogP contribution is 2.18. The molecule has 1 fully saturated rings. The van der Waals surface area contributed by atoms with Crippen molar-refractivity contribution in [1.82, 2.24) is 10.2 Å². The van der Waals surface area contributed by atoms with Crippen LogP contribution in [0.3, 0.4) is 0 Å². The number of ether oxygens (including phenoxy) is 1. The first-order valence-electron chi connectivity index (χ1n) is 7.97. The number of hydrogen-bond donors (Lipinski definition) is 1. The van der Waals surface area contributed by atoms with Gasteiger partial charge in [0.1, 0.15) is 0 Å². The fourth-order valence-corrected chi connectivity index (χ4v) is 2.65. The molecule has 0 saturated carbocycles. The Bertz CT molecular complexity index is 563. The lowest BCUT2D eigenvalue weighted by Crippen LogP contribution is -2.30. The Labute approximate surface area is 135 Å². The molecule has 2 amide bonds. The van der Waals surface area contributed by atoms with Crippen LogP contribution in [0.4, 0.5) is 4.39 Å². The summed E-state index contributed by atoms with van der Waals surface area (Å²) in [5.41, 5.74) is 0.765. The predicted molar refractivity (Wildman–Crippen MR) is 84.7 cm³/mol. The molecule has 0 spiro atoms. The number of aryl methyl sites for hydroxylation is 1. The summed E-state index contributed by atoms with van der Waals surface area (Å²) in [6.45, 7) is 2.08. The van der Waals surface area contributed by atoms with E-state index in [0.717, 1.165) is 24.9 Å². The van der Waals surface area contributed by atoms with Crippen molar-refractivity contribution in [2.24, 2.45) is 0 Å². The van der Waals surface area contributed by atoms with Gasteiger partial charge in [-0.2, -0.15) is 0 Å². The van der Waals surface area contributed by atoms with E-state index in [1.54, 1.807) is 12.1 Å². The van der Waals surface area contributed by atoms with Gasteiger partial charge in [-0.05, 0) is 37.0 Å². The molecule has 5 nitrogen and oxygen atoms in total. The summed E-state index contributed by atoms with van der Waals surface area (Å²) >= 11 is 0. The molecule has 0 aliphatic carbocycles. The van der Waals surface area contributed by atoms with Crippen molar-refractivity contribution in [2.45, 2.75) is 32.1 Å². The summed E-state index contributed by atoms with van der Waals surface area (Å²) < 4.78 is 18.4. The van der Waals surface area contributed by atoms with Crippen molar-refractivity contribution in [3.8, 4) is 5.75 Å². The Kier molecular flexibility index (Phi) is 6.38. The molecule has 0 atom stereocenters. The normalized spacial score (nSPS) is 14.2. The highest BCUT2D eigenvalue weighted by atomic mass is 19.1. The van der Waals surface area contributed by atoms with Crippen molar-refractivity contribution in [3.63, 3.8) is 0 Å². The third-order valence-electron chi connectivity index (χ3n) is 3.96. The minimum atomic E-state index is -0.416. The molecule has 1 aliphatic heterocycles. The number of hydrogen-bond acceptors (Lipinski definition) is 3. The Hall–Kier alpha value is -2.11. The molecule has 1 saturated heterocycles. The number of halogens is 1. The first-order valence-corrected chi connectivity index (χ1v) is 7.97. The lowest BCUT2D eigenvalue weighted by atomic mass is 10.1. The summed E-state index contributed by atoms with van der Waals surface area (Å²) in [6.07, 6.45) is 3.13. The number of carbonyl (C=O) groups is 2. The van der Waals surface area contributed by atoms with Crippen LogP contribution in [0.1, 0.15) is 31.2 Å². The zero-order valence-corrected chi connectivity index (χ0v) is 13.4. The van der Waals surface area contributed by atoms with Crippen LogP contribution in [0.15, 0.2) is 18.2 Å². The lowest BCUT2D eigenvalue weighted by Gasteiger charge is -2.15. The molecule has 0 unspecified atom stereocenters. The van der Waals surface area contributed by atoms with Crippen LogP contribution in [-0.2, 0) is 16.0 Å². The Morgan fingerprint density at radius 1 is 1.43 bits per heavy atom. The second-order valence-corrected chi connectivity index (χ2v) is 5.66. The van der Waals surface area contributed by atoms with Gasteiger partial charge in [-0.25, -0.2) is 4.39 Å². The summed E-state index contributed by atoms with van der Waals surface area (Å²) in [5, 5.41) is 2.83. The lowest BCUT2D eigenvalue weighted by molar-refractivity contribution is -0.127. The molecule has 23 heavy (non-hydrogen) atoms. The zero-order chi connectivity index (χ0) is 16.7. The van der Waals surface area contributed by atoms with Gasteiger partial charge < -0.3 is 15.0 Å². The van der Waals surface area contributed by atoms with E-state index in [9.17, 15) is 14.0 Å². The predicted octanol–water partition coefficient (Wildman–Crippen LogP) is 1.90. The molecule has 1 heterocycles. The molecular formula is C17H23FN2O3. The molecule has 126 valence electrons. The number of benzene rings is 1. The fourth-order valence-electron chi connectivity index (χ4n) is 2.65. The topological polar surface area (TPSA) is 58.6 Å². The van der Waals surface area contributed by atoms with Gasteiger partial charge >= 0.3 is 0 Å². The number of nitrogens with one attached hydrogen (secondary N) is 1. The van der Waals surface area contributed by atoms with Gasteiger partial charge in [0, 0.05) is 32.5 Å². The highest BCUT2D eigenvalue weighted by molar-refractivity contribution is 5.78. The second-order valence-electron chi connectivity index (χ2n) is 5.66. The van der Waals surface area contributed by atoms with Crippen molar-refractivity contribution >= 4 is 11.8 Å². The third kappa shape index (κ3) is 5.23. The first kappa shape index (κ1) is 17.2. The minimum absolute atomic E-state index is 0.0611. The highest BCUT2D eigenvalue weighted by Gasteiger charge is 2.18. The van der Waals surface area contributed by atoms with Gasteiger partial charge in [-0.3, -0.25) is 9.59 Å². The standard InChI is InChI=1S/C17H23FN2O3/c1-23-15-7-5-13(12-14(15)18)6-8-16(21)19-9-3-11-20-10-2-4-17(20)22/h5,7,12H,2-4,6,8-11H2,1H3,(H,19,21). The summed E-state index contributed by atoms with van der Waals surface area (Å²) in [7, 11) is 1.42. The SMILES string of the molecule is COc1ccc(CCC(=O)NCCCN2CCCC2=O)cc1F. The van der Waals surface area contributed by atoms with Crippen molar-refractivity contribution in [1.29, 1.82) is 0 Å². The Morgan fingerprint density at radius 3 is 2.91 bits per heavy atom. The molecule has 1 aromatic carbocycles. The number of likely N-dealkylation sites (tertiary alicyclic amines) is 1. The average Bonchev–Trinajstić information content (AvgIpc) is 2.95. The number of carbonyl (C=O) groups excluding carboxylic acids is 2.